The molecular weight excluding hydrogens is 566 g/mol. The van der Waals surface area contributed by atoms with Gasteiger partial charge in [-0.2, -0.15) is 9.71 Å². The standard InChI is InChI=1S/C28H35N5O8S/c1-28(2,3)40-27(36)31-25(29)20-12-10-19(11-13-20)22-14-21(41-32-22)15-24(34)30-16-23(26(35)39-4)33-42(37,38)17-18-8-6-5-7-9-18/h5-13,21,23,33H,14-17H2,1-4H3,(H,30,34)(H2,29,31,36)/t21?,23-/m0/s1. The Balaban J connectivity index is 1.51. The van der Waals surface area contributed by atoms with Crippen molar-refractivity contribution in [2.24, 2.45) is 15.9 Å². The zero-order valence-corrected chi connectivity index (χ0v) is 24.6. The molecule has 0 radical (unpaired) electrons. The van der Waals surface area contributed by atoms with Crippen molar-refractivity contribution < 1.29 is 37.1 Å². The van der Waals surface area contributed by atoms with E-state index >= 15 is 0 Å². The number of rotatable bonds is 11. The maximum Gasteiger partial charge on any atom is 0.436 e. The molecule has 0 aromatic heterocycles. The molecule has 42 heavy (non-hydrogen) atoms. The third-order valence-electron chi connectivity index (χ3n) is 5.78. The number of amidine groups is 1. The molecule has 2 aromatic rings. The van der Waals surface area contributed by atoms with Crippen molar-refractivity contribution in [2.75, 3.05) is 13.7 Å². The summed E-state index contributed by atoms with van der Waals surface area (Å²) in [6.45, 7) is 4.87. The molecular formula is C28H35N5O8S. The second-order valence-electron chi connectivity index (χ2n) is 10.5. The molecule has 3 rings (SSSR count). The van der Waals surface area contributed by atoms with Gasteiger partial charge in [-0.1, -0.05) is 59.8 Å². The summed E-state index contributed by atoms with van der Waals surface area (Å²) in [5.41, 5.74) is 7.61. The van der Waals surface area contributed by atoms with Crippen LogP contribution in [0.4, 0.5) is 4.79 Å². The smallest absolute Gasteiger partial charge is 0.436 e. The highest BCUT2D eigenvalue weighted by Crippen LogP contribution is 2.20. The van der Waals surface area contributed by atoms with Crippen molar-refractivity contribution in [3.63, 3.8) is 0 Å². The van der Waals surface area contributed by atoms with Gasteiger partial charge in [0.15, 0.2) is 0 Å². The van der Waals surface area contributed by atoms with Crippen molar-refractivity contribution >= 4 is 39.5 Å². The van der Waals surface area contributed by atoms with Gasteiger partial charge in [0.1, 0.15) is 23.6 Å². The Morgan fingerprint density at radius 1 is 1.12 bits per heavy atom. The highest BCUT2D eigenvalue weighted by atomic mass is 32.2. The van der Waals surface area contributed by atoms with E-state index < -0.39 is 45.7 Å². The molecule has 0 spiro atoms. The Hall–Kier alpha value is -4.30. The summed E-state index contributed by atoms with van der Waals surface area (Å²) in [5.74, 6) is -1.64. The van der Waals surface area contributed by atoms with Crippen LogP contribution in [-0.2, 0) is 39.7 Å². The summed E-state index contributed by atoms with van der Waals surface area (Å²) in [7, 11) is -2.77. The average molecular weight is 602 g/mol. The van der Waals surface area contributed by atoms with Crippen molar-refractivity contribution in [1.82, 2.24) is 10.0 Å². The number of nitrogens with one attached hydrogen (secondary N) is 2. The lowest BCUT2D eigenvalue weighted by Crippen LogP contribution is -2.49. The number of nitrogens with zero attached hydrogens (tertiary/aromatic N) is 2. The number of sulfonamides is 1. The van der Waals surface area contributed by atoms with E-state index in [2.05, 4.69) is 20.2 Å². The molecule has 2 atom stereocenters. The fourth-order valence-corrected chi connectivity index (χ4v) is 5.18. The predicted molar refractivity (Wildman–Crippen MR) is 155 cm³/mol. The second kappa shape index (κ2) is 14.0. The van der Waals surface area contributed by atoms with Crippen molar-refractivity contribution in [2.45, 2.75) is 57.1 Å². The van der Waals surface area contributed by atoms with Crippen LogP contribution in [-0.4, -0.2) is 69.3 Å². The quantitative estimate of drug-likeness (QED) is 0.197. The zero-order valence-electron chi connectivity index (χ0n) is 23.8. The van der Waals surface area contributed by atoms with Gasteiger partial charge in [0.2, 0.25) is 15.9 Å². The van der Waals surface area contributed by atoms with Crippen molar-refractivity contribution in [3.8, 4) is 0 Å². The van der Waals surface area contributed by atoms with E-state index in [1.807, 2.05) is 0 Å². The lowest BCUT2D eigenvalue weighted by molar-refractivity contribution is -0.142. The van der Waals surface area contributed by atoms with Gasteiger partial charge in [-0.25, -0.2) is 13.2 Å². The van der Waals surface area contributed by atoms with Gasteiger partial charge in [0.25, 0.3) is 0 Å². The van der Waals surface area contributed by atoms with Gasteiger partial charge in [-0.3, -0.25) is 9.59 Å². The monoisotopic (exact) mass is 601 g/mol. The van der Waals surface area contributed by atoms with E-state index in [4.69, 9.17) is 20.0 Å². The number of oxime groups is 1. The number of aliphatic imine (C=N–C) groups is 1. The molecule has 0 bridgehead atoms. The number of hydrogen-bond acceptors (Lipinski definition) is 9. The molecule has 2 amide bonds. The van der Waals surface area contributed by atoms with Gasteiger partial charge in [-0.15, -0.1) is 0 Å². The maximum atomic E-state index is 12.6. The Morgan fingerprint density at radius 2 is 1.79 bits per heavy atom. The summed E-state index contributed by atoms with van der Waals surface area (Å²) in [4.78, 5) is 45.8. The van der Waals surface area contributed by atoms with Gasteiger partial charge < -0.3 is 25.4 Å². The van der Waals surface area contributed by atoms with E-state index in [1.54, 1.807) is 75.4 Å². The molecule has 1 unspecified atom stereocenters. The minimum absolute atomic E-state index is 0.00238. The van der Waals surface area contributed by atoms with Gasteiger partial charge in [-0.05, 0) is 31.9 Å². The molecule has 0 saturated heterocycles. The van der Waals surface area contributed by atoms with Crippen molar-refractivity contribution in [1.29, 1.82) is 0 Å². The predicted octanol–water partition coefficient (Wildman–Crippen LogP) is 1.99. The number of benzene rings is 2. The third kappa shape index (κ3) is 10.3. The van der Waals surface area contributed by atoms with Gasteiger partial charge in [0.05, 0.1) is 25.0 Å². The molecule has 14 heteroatoms. The topological polar surface area (TPSA) is 188 Å². The second-order valence-corrected chi connectivity index (χ2v) is 12.2. The van der Waals surface area contributed by atoms with Crippen LogP contribution in [0.15, 0.2) is 64.7 Å². The van der Waals surface area contributed by atoms with Crippen LogP contribution in [0.5, 0.6) is 0 Å². The Kier molecular flexibility index (Phi) is 10.8. The molecule has 1 aliphatic rings. The van der Waals surface area contributed by atoms with E-state index in [0.717, 1.165) is 12.7 Å². The first-order chi connectivity index (χ1) is 19.7. The normalized spacial score (nSPS) is 16.1. The van der Waals surface area contributed by atoms with Gasteiger partial charge in [0, 0.05) is 18.5 Å². The summed E-state index contributed by atoms with van der Waals surface area (Å²) >= 11 is 0. The third-order valence-corrected chi connectivity index (χ3v) is 7.13. The summed E-state index contributed by atoms with van der Waals surface area (Å²) in [5, 5.41) is 6.62. The number of carbonyl (C=O) groups excluding carboxylic acids is 3. The molecule has 226 valence electrons. The maximum absolute atomic E-state index is 12.6. The minimum atomic E-state index is -3.90. The molecule has 2 aromatic carbocycles. The molecule has 0 saturated carbocycles. The van der Waals surface area contributed by atoms with Crippen LogP contribution in [0, 0.1) is 0 Å². The van der Waals surface area contributed by atoms with E-state index in [-0.39, 0.29) is 24.6 Å². The lowest BCUT2D eigenvalue weighted by Gasteiger charge is -2.18. The molecule has 13 nitrogen and oxygen atoms in total. The van der Waals surface area contributed by atoms with Crippen LogP contribution in [0.1, 0.15) is 50.3 Å². The Bertz CT molecular complexity index is 1430. The fraction of sp³-hybridized carbons (Fsp3) is 0.393. The van der Waals surface area contributed by atoms with Crippen LogP contribution >= 0.6 is 0 Å². The number of methoxy groups -OCH3 is 1. The first-order valence-electron chi connectivity index (χ1n) is 13.0. The van der Waals surface area contributed by atoms with Crippen LogP contribution in [0.25, 0.3) is 0 Å². The van der Waals surface area contributed by atoms with Crippen molar-refractivity contribution in [3.05, 3.63) is 71.3 Å². The first-order valence-corrected chi connectivity index (χ1v) is 14.7. The van der Waals surface area contributed by atoms with Gasteiger partial charge >= 0.3 is 12.1 Å². The molecule has 1 aliphatic heterocycles. The minimum Gasteiger partial charge on any atom is -0.468 e. The number of hydrogen-bond donors (Lipinski definition) is 3. The highest BCUT2D eigenvalue weighted by molar-refractivity contribution is 7.88. The number of nitrogens with two attached hydrogens (primary N) is 1. The van der Waals surface area contributed by atoms with Crippen LogP contribution in [0.2, 0.25) is 0 Å². The highest BCUT2D eigenvalue weighted by Gasteiger charge is 2.28. The van der Waals surface area contributed by atoms with E-state index in [0.29, 0.717) is 23.3 Å². The lowest BCUT2D eigenvalue weighted by atomic mass is 10.0. The molecule has 0 aliphatic carbocycles. The molecule has 1 heterocycles. The van der Waals surface area contributed by atoms with E-state index in [9.17, 15) is 22.8 Å². The fourth-order valence-electron chi connectivity index (χ4n) is 3.85. The molecule has 4 N–H and O–H groups in total. The van der Waals surface area contributed by atoms with Crippen LogP contribution < -0.4 is 15.8 Å². The SMILES string of the molecule is COC(=O)[C@H](CNC(=O)CC1CC(c2ccc(/C(N)=N\C(=O)OC(C)(C)C)cc2)=NO1)NS(=O)(=O)Cc1ccccc1. The summed E-state index contributed by atoms with van der Waals surface area (Å²) < 4.78 is 37.3. The number of carbonyl (C=O) groups is 3. The van der Waals surface area contributed by atoms with E-state index in [1.165, 1.54) is 0 Å². The summed E-state index contributed by atoms with van der Waals surface area (Å²) in [6.07, 6.45) is -1.10. The Morgan fingerprint density at radius 3 is 2.40 bits per heavy atom. The van der Waals surface area contributed by atoms with Crippen LogP contribution in [0.3, 0.4) is 0 Å². The largest absolute Gasteiger partial charge is 0.468 e. The number of amides is 2. The Labute approximate surface area is 244 Å². The molecule has 0 fully saturated rings. The number of esters is 1. The number of ether oxygens (including phenoxy) is 2. The average Bonchev–Trinajstić information content (AvgIpc) is 3.38. The zero-order chi connectivity index (χ0) is 30.9. The summed E-state index contributed by atoms with van der Waals surface area (Å²) in [6, 6.07) is 14.0. The first kappa shape index (κ1) is 32.2.